The van der Waals surface area contributed by atoms with Gasteiger partial charge in [-0.25, -0.2) is 4.79 Å². The van der Waals surface area contributed by atoms with Crippen molar-refractivity contribution >= 4 is 17.6 Å². The van der Waals surface area contributed by atoms with Gasteiger partial charge in [-0.2, -0.15) is 0 Å². The molecule has 0 aliphatic heterocycles. The second kappa shape index (κ2) is 8.58. The Morgan fingerprint density at radius 3 is 1.96 bits per heavy atom. The molecule has 7 nitrogen and oxygen atoms in total. The van der Waals surface area contributed by atoms with E-state index in [1.54, 1.807) is 42.5 Å². The van der Waals surface area contributed by atoms with Gasteiger partial charge >= 0.3 is 5.97 Å². The first-order valence-corrected chi connectivity index (χ1v) is 7.40. The van der Waals surface area contributed by atoms with Gasteiger partial charge < -0.3 is 24.3 Å². The maximum atomic E-state index is 12.0. The molecule has 0 saturated heterocycles. The van der Waals surface area contributed by atoms with E-state index in [4.69, 9.17) is 14.2 Å². The number of carbonyl (C=O) groups is 2. The normalized spacial score (nSPS) is 9.88. The number of hydrogen-bond acceptors (Lipinski definition) is 6. The number of methoxy groups -OCH3 is 3. The third kappa shape index (κ3) is 5.13. The largest absolute Gasteiger partial charge is 0.496 e. The number of rotatable bonds is 7. The molecule has 2 rings (SSSR count). The maximum Gasteiger partial charge on any atom is 0.337 e. The van der Waals surface area contributed by atoms with E-state index in [2.05, 4.69) is 10.1 Å². The molecule has 0 unspecified atom stereocenters. The topological polar surface area (TPSA) is 83.1 Å². The van der Waals surface area contributed by atoms with E-state index in [0.29, 0.717) is 28.5 Å². The van der Waals surface area contributed by atoms with Gasteiger partial charge in [0.05, 0.1) is 26.9 Å². The quantitative estimate of drug-likeness (QED) is 0.777. The van der Waals surface area contributed by atoms with Crippen LogP contribution >= 0.6 is 0 Å². The van der Waals surface area contributed by atoms with Crippen molar-refractivity contribution in [3.63, 3.8) is 0 Å². The highest BCUT2D eigenvalue weighted by Crippen LogP contribution is 2.27. The molecule has 132 valence electrons. The third-order valence-electron chi connectivity index (χ3n) is 3.28. The Morgan fingerprint density at radius 1 is 0.880 bits per heavy atom. The molecule has 1 amide bonds. The third-order valence-corrected chi connectivity index (χ3v) is 3.28. The zero-order valence-corrected chi connectivity index (χ0v) is 14.2. The molecule has 0 aromatic heterocycles. The average molecular weight is 345 g/mol. The predicted molar refractivity (Wildman–Crippen MR) is 91.5 cm³/mol. The van der Waals surface area contributed by atoms with Crippen molar-refractivity contribution in [2.75, 3.05) is 33.3 Å². The summed E-state index contributed by atoms with van der Waals surface area (Å²) >= 11 is 0. The summed E-state index contributed by atoms with van der Waals surface area (Å²) in [5.41, 5.74) is 0.949. The monoisotopic (exact) mass is 345 g/mol. The van der Waals surface area contributed by atoms with E-state index in [1.807, 2.05) is 0 Å². The minimum Gasteiger partial charge on any atom is -0.496 e. The fourth-order valence-electron chi connectivity index (χ4n) is 2.02. The van der Waals surface area contributed by atoms with Gasteiger partial charge in [0, 0.05) is 23.9 Å². The van der Waals surface area contributed by atoms with Crippen LogP contribution in [0.4, 0.5) is 5.69 Å². The summed E-state index contributed by atoms with van der Waals surface area (Å²) in [6.45, 7) is -0.185. The first kappa shape index (κ1) is 18.1. The van der Waals surface area contributed by atoms with Crippen LogP contribution in [0.1, 0.15) is 10.4 Å². The van der Waals surface area contributed by atoms with E-state index < -0.39 is 5.97 Å². The number of ether oxygens (including phenoxy) is 4. The standard InChI is InChI=1S/C18H19NO6/c1-22-14-8-15(23-2)10-16(9-14)25-11-17(20)19-13-6-4-12(5-7-13)18(21)24-3/h4-10H,11H2,1-3H3,(H,19,20). The Balaban J connectivity index is 1.93. The van der Waals surface area contributed by atoms with E-state index >= 15 is 0 Å². The summed E-state index contributed by atoms with van der Waals surface area (Å²) in [6, 6.07) is 11.4. The van der Waals surface area contributed by atoms with Crippen molar-refractivity contribution in [3.8, 4) is 17.2 Å². The number of hydrogen-bond donors (Lipinski definition) is 1. The van der Waals surface area contributed by atoms with Crippen LogP contribution in [0.5, 0.6) is 17.2 Å². The summed E-state index contributed by atoms with van der Waals surface area (Å²) < 4.78 is 20.4. The molecule has 0 aliphatic rings. The highest BCUT2D eigenvalue weighted by atomic mass is 16.5. The fraction of sp³-hybridized carbons (Fsp3) is 0.222. The van der Waals surface area contributed by atoms with Gasteiger partial charge in [0.15, 0.2) is 6.61 Å². The Hall–Kier alpha value is -3.22. The van der Waals surface area contributed by atoms with Crippen LogP contribution in [-0.2, 0) is 9.53 Å². The van der Waals surface area contributed by atoms with Crippen LogP contribution in [0.2, 0.25) is 0 Å². The van der Waals surface area contributed by atoms with E-state index in [1.165, 1.54) is 21.3 Å². The number of benzene rings is 2. The molecular weight excluding hydrogens is 326 g/mol. The van der Waals surface area contributed by atoms with Gasteiger partial charge in [0.2, 0.25) is 0 Å². The molecule has 0 fully saturated rings. The lowest BCUT2D eigenvalue weighted by atomic mass is 10.2. The zero-order valence-electron chi connectivity index (χ0n) is 14.2. The summed E-state index contributed by atoms with van der Waals surface area (Å²) in [7, 11) is 4.37. The average Bonchev–Trinajstić information content (AvgIpc) is 2.66. The molecule has 0 saturated carbocycles. The first-order chi connectivity index (χ1) is 12.0. The molecule has 0 spiro atoms. The van der Waals surface area contributed by atoms with E-state index in [0.717, 1.165) is 0 Å². The molecular formula is C18H19NO6. The van der Waals surface area contributed by atoms with Crippen molar-refractivity contribution in [2.24, 2.45) is 0 Å². The summed E-state index contributed by atoms with van der Waals surface area (Å²) in [4.78, 5) is 23.3. The van der Waals surface area contributed by atoms with Crippen molar-refractivity contribution in [1.29, 1.82) is 0 Å². The van der Waals surface area contributed by atoms with Gasteiger partial charge in [-0.15, -0.1) is 0 Å². The number of amides is 1. The summed E-state index contributed by atoms with van der Waals surface area (Å²) in [5, 5.41) is 2.67. The minimum absolute atomic E-state index is 0.185. The molecule has 2 aromatic carbocycles. The molecule has 7 heteroatoms. The minimum atomic E-state index is -0.437. The molecule has 0 radical (unpaired) electrons. The Kier molecular flexibility index (Phi) is 6.22. The first-order valence-electron chi connectivity index (χ1n) is 7.40. The molecule has 0 bridgehead atoms. The van der Waals surface area contributed by atoms with E-state index in [-0.39, 0.29) is 12.5 Å². The van der Waals surface area contributed by atoms with Gasteiger partial charge in [-0.1, -0.05) is 0 Å². The summed E-state index contributed by atoms with van der Waals surface area (Å²) in [6.07, 6.45) is 0. The molecule has 0 aliphatic carbocycles. The van der Waals surface area contributed by atoms with Crippen molar-refractivity contribution in [3.05, 3.63) is 48.0 Å². The fourth-order valence-corrected chi connectivity index (χ4v) is 2.02. The van der Waals surface area contributed by atoms with Crippen LogP contribution in [0.25, 0.3) is 0 Å². The van der Waals surface area contributed by atoms with Gasteiger partial charge in [0.25, 0.3) is 5.91 Å². The van der Waals surface area contributed by atoms with Crippen LogP contribution < -0.4 is 19.5 Å². The van der Waals surface area contributed by atoms with Crippen LogP contribution in [0, 0.1) is 0 Å². The van der Waals surface area contributed by atoms with Crippen LogP contribution in [-0.4, -0.2) is 39.8 Å². The predicted octanol–water partition coefficient (Wildman–Crippen LogP) is 2.51. The number of carbonyl (C=O) groups excluding carboxylic acids is 2. The lowest BCUT2D eigenvalue weighted by molar-refractivity contribution is -0.118. The van der Waals surface area contributed by atoms with Gasteiger partial charge in [0.1, 0.15) is 17.2 Å². The highest BCUT2D eigenvalue weighted by molar-refractivity contribution is 5.93. The molecule has 0 heterocycles. The lowest BCUT2D eigenvalue weighted by Crippen LogP contribution is -2.20. The van der Waals surface area contributed by atoms with Crippen molar-refractivity contribution in [1.82, 2.24) is 0 Å². The summed E-state index contributed by atoms with van der Waals surface area (Å²) in [5.74, 6) is 0.800. The smallest absolute Gasteiger partial charge is 0.337 e. The van der Waals surface area contributed by atoms with Crippen molar-refractivity contribution < 1.29 is 28.5 Å². The molecule has 25 heavy (non-hydrogen) atoms. The van der Waals surface area contributed by atoms with Gasteiger partial charge in [-0.05, 0) is 24.3 Å². The van der Waals surface area contributed by atoms with Crippen molar-refractivity contribution in [2.45, 2.75) is 0 Å². The van der Waals surface area contributed by atoms with Crippen LogP contribution in [0.15, 0.2) is 42.5 Å². The Morgan fingerprint density at radius 2 is 1.44 bits per heavy atom. The Bertz CT molecular complexity index is 719. The van der Waals surface area contributed by atoms with E-state index in [9.17, 15) is 9.59 Å². The maximum absolute atomic E-state index is 12.0. The number of anilines is 1. The number of nitrogens with one attached hydrogen (secondary N) is 1. The number of esters is 1. The Labute approximate surface area is 145 Å². The van der Waals surface area contributed by atoms with Gasteiger partial charge in [-0.3, -0.25) is 4.79 Å². The molecule has 1 N–H and O–H groups in total. The molecule has 2 aromatic rings. The second-order valence-corrected chi connectivity index (χ2v) is 4.95. The molecule has 0 atom stereocenters. The highest BCUT2D eigenvalue weighted by Gasteiger charge is 2.08. The zero-order chi connectivity index (χ0) is 18.2. The SMILES string of the molecule is COC(=O)c1ccc(NC(=O)COc2cc(OC)cc(OC)c2)cc1. The second-order valence-electron chi connectivity index (χ2n) is 4.95. The lowest BCUT2D eigenvalue weighted by Gasteiger charge is -2.10. The van der Waals surface area contributed by atoms with Crippen LogP contribution in [0.3, 0.4) is 0 Å².